The molecule has 0 amide bonds. The normalized spacial score (nSPS) is 16.0. The summed E-state index contributed by atoms with van der Waals surface area (Å²) in [4.78, 5) is 4.98. The molecule has 0 aliphatic carbocycles. The van der Waals surface area contributed by atoms with Gasteiger partial charge in [0.15, 0.2) is 0 Å². The van der Waals surface area contributed by atoms with Crippen molar-refractivity contribution >= 4 is 0 Å². The molecule has 0 unspecified atom stereocenters. The lowest BCUT2D eigenvalue weighted by molar-refractivity contribution is 0.0691. The number of piperazine rings is 1. The molecular weight excluding hydrogens is 312 g/mol. The van der Waals surface area contributed by atoms with Gasteiger partial charge >= 0.3 is 0 Å². The lowest BCUT2D eigenvalue weighted by atomic mass is 10.2. The zero-order valence-corrected chi connectivity index (χ0v) is 15.1. The van der Waals surface area contributed by atoms with Crippen LogP contribution in [0, 0.1) is 0 Å². The van der Waals surface area contributed by atoms with Crippen LogP contribution in [0.1, 0.15) is 12.5 Å². The van der Waals surface area contributed by atoms with Gasteiger partial charge in [0, 0.05) is 38.3 Å². The van der Waals surface area contributed by atoms with E-state index in [2.05, 4.69) is 22.8 Å². The molecule has 134 valence electrons. The second kappa shape index (κ2) is 9.56. The quantitative estimate of drug-likeness (QED) is 0.685. The Morgan fingerprint density at radius 1 is 0.840 bits per heavy atom. The van der Waals surface area contributed by atoms with E-state index < -0.39 is 0 Å². The molecule has 3 rings (SSSR count). The van der Waals surface area contributed by atoms with E-state index in [-0.39, 0.29) is 0 Å². The highest BCUT2D eigenvalue weighted by Gasteiger charge is 2.14. The first-order valence-corrected chi connectivity index (χ1v) is 9.18. The zero-order valence-electron chi connectivity index (χ0n) is 15.1. The van der Waals surface area contributed by atoms with E-state index in [0.717, 1.165) is 49.8 Å². The first-order chi connectivity index (χ1) is 12.3. The van der Waals surface area contributed by atoms with Crippen LogP contribution in [-0.4, -0.2) is 55.7 Å². The molecule has 1 fully saturated rings. The number of nitrogens with zero attached hydrogens (tertiary/aromatic N) is 2. The lowest BCUT2D eigenvalue weighted by Gasteiger charge is -2.33. The molecule has 1 aliphatic heterocycles. The van der Waals surface area contributed by atoms with Crippen molar-refractivity contribution in [2.75, 3.05) is 45.9 Å². The summed E-state index contributed by atoms with van der Waals surface area (Å²) in [7, 11) is 0. The maximum Gasteiger partial charge on any atom is 0.132 e. The number of rotatable bonds is 8. The number of hydrogen-bond acceptors (Lipinski definition) is 4. The van der Waals surface area contributed by atoms with Crippen molar-refractivity contribution in [2.24, 2.45) is 0 Å². The van der Waals surface area contributed by atoms with Crippen LogP contribution in [0.4, 0.5) is 0 Å². The van der Waals surface area contributed by atoms with E-state index in [1.807, 2.05) is 48.5 Å². The molecule has 0 saturated carbocycles. The van der Waals surface area contributed by atoms with Gasteiger partial charge in [0.05, 0.1) is 13.2 Å². The van der Waals surface area contributed by atoms with Gasteiger partial charge in [0.1, 0.15) is 11.5 Å². The molecule has 0 N–H and O–H groups in total. The molecule has 4 nitrogen and oxygen atoms in total. The van der Waals surface area contributed by atoms with Gasteiger partial charge in [-0.05, 0) is 24.7 Å². The molecule has 2 aromatic rings. The third-order valence-electron chi connectivity index (χ3n) is 4.67. The summed E-state index contributed by atoms with van der Waals surface area (Å²) in [6.45, 7) is 10.4. The first kappa shape index (κ1) is 17.9. The van der Waals surface area contributed by atoms with Crippen LogP contribution in [0.25, 0.3) is 0 Å². The van der Waals surface area contributed by atoms with E-state index in [0.29, 0.717) is 6.61 Å². The van der Waals surface area contributed by atoms with Gasteiger partial charge in [-0.1, -0.05) is 43.3 Å². The third kappa shape index (κ3) is 5.56. The molecule has 1 aliphatic rings. The van der Waals surface area contributed by atoms with Crippen molar-refractivity contribution in [3.63, 3.8) is 0 Å². The number of likely N-dealkylation sites (N-methyl/N-ethyl adjacent to an activating group) is 1. The van der Waals surface area contributed by atoms with E-state index in [4.69, 9.17) is 9.47 Å². The van der Waals surface area contributed by atoms with Crippen LogP contribution in [-0.2, 0) is 11.3 Å². The van der Waals surface area contributed by atoms with Crippen molar-refractivity contribution in [1.29, 1.82) is 0 Å². The van der Waals surface area contributed by atoms with Gasteiger partial charge in [-0.25, -0.2) is 0 Å². The monoisotopic (exact) mass is 340 g/mol. The number of ether oxygens (including phenoxy) is 2. The highest BCUT2D eigenvalue weighted by molar-refractivity contribution is 5.37. The van der Waals surface area contributed by atoms with Crippen LogP contribution >= 0.6 is 0 Å². The Bertz CT molecular complexity index is 625. The average molecular weight is 340 g/mol. The summed E-state index contributed by atoms with van der Waals surface area (Å²) < 4.78 is 11.9. The van der Waals surface area contributed by atoms with Gasteiger partial charge in [0.25, 0.3) is 0 Å². The predicted octanol–water partition coefficient (Wildman–Crippen LogP) is 3.63. The maximum absolute atomic E-state index is 5.98. The van der Waals surface area contributed by atoms with Crippen molar-refractivity contribution in [2.45, 2.75) is 13.5 Å². The molecule has 1 saturated heterocycles. The zero-order chi connectivity index (χ0) is 17.3. The van der Waals surface area contributed by atoms with E-state index in [1.165, 1.54) is 13.1 Å². The fourth-order valence-corrected chi connectivity index (χ4v) is 3.04. The Hall–Kier alpha value is -1.88. The minimum absolute atomic E-state index is 0.581. The van der Waals surface area contributed by atoms with E-state index in [1.54, 1.807) is 0 Å². The molecule has 0 aromatic heterocycles. The third-order valence-corrected chi connectivity index (χ3v) is 4.67. The number of hydrogen-bond donors (Lipinski definition) is 0. The van der Waals surface area contributed by atoms with Crippen LogP contribution in [0.5, 0.6) is 11.5 Å². The van der Waals surface area contributed by atoms with Gasteiger partial charge in [-0.3, -0.25) is 4.90 Å². The topological polar surface area (TPSA) is 24.9 Å². The van der Waals surface area contributed by atoms with Crippen molar-refractivity contribution in [3.8, 4) is 11.5 Å². The van der Waals surface area contributed by atoms with Crippen LogP contribution in [0.2, 0.25) is 0 Å². The van der Waals surface area contributed by atoms with E-state index in [9.17, 15) is 0 Å². The summed E-state index contributed by atoms with van der Waals surface area (Å²) in [5.74, 6) is 1.72. The molecule has 1 heterocycles. The molecular formula is C21H28N2O2. The molecule has 0 radical (unpaired) electrons. The fraction of sp³-hybridized carbons (Fsp3) is 0.429. The van der Waals surface area contributed by atoms with Gasteiger partial charge in [-0.15, -0.1) is 0 Å². The minimum Gasteiger partial charge on any atom is -0.457 e. The number of para-hydroxylation sites is 2. The average Bonchev–Trinajstić information content (AvgIpc) is 2.68. The molecule has 0 spiro atoms. The first-order valence-electron chi connectivity index (χ1n) is 9.18. The molecule has 0 atom stereocenters. The Balaban J connectivity index is 1.44. The highest BCUT2D eigenvalue weighted by atomic mass is 16.5. The smallest absolute Gasteiger partial charge is 0.132 e. The standard InChI is InChI=1S/C21H28N2O2/c1-2-22-12-14-23(15-13-22)16-17-24-18-19-8-6-7-11-21(19)25-20-9-4-3-5-10-20/h3-11H,2,12-18H2,1H3. The minimum atomic E-state index is 0.581. The van der Waals surface area contributed by atoms with Gasteiger partial charge in [0.2, 0.25) is 0 Å². The summed E-state index contributed by atoms with van der Waals surface area (Å²) in [5, 5.41) is 0. The van der Waals surface area contributed by atoms with Crippen LogP contribution in [0.15, 0.2) is 54.6 Å². The molecule has 25 heavy (non-hydrogen) atoms. The van der Waals surface area contributed by atoms with Gasteiger partial charge < -0.3 is 14.4 Å². The Morgan fingerprint density at radius 3 is 2.28 bits per heavy atom. The van der Waals surface area contributed by atoms with Crippen molar-refractivity contribution in [1.82, 2.24) is 9.80 Å². The Labute approximate surface area is 151 Å². The predicted molar refractivity (Wildman–Crippen MR) is 101 cm³/mol. The SMILES string of the molecule is CCN1CCN(CCOCc2ccccc2Oc2ccccc2)CC1. The molecule has 2 aromatic carbocycles. The number of benzene rings is 2. The summed E-state index contributed by atoms with van der Waals surface area (Å²) >= 11 is 0. The van der Waals surface area contributed by atoms with Crippen LogP contribution in [0.3, 0.4) is 0 Å². The van der Waals surface area contributed by atoms with Crippen LogP contribution < -0.4 is 4.74 Å². The fourth-order valence-electron chi connectivity index (χ4n) is 3.04. The van der Waals surface area contributed by atoms with Gasteiger partial charge in [-0.2, -0.15) is 0 Å². The van der Waals surface area contributed by atoms with Crippen molar-refractivity contribution in [3.05, 3.63) is 60.2 Å². The second-order valence-electron chi connectivity index (χ2n) is 6.35. The lowest BCUT2D eigenvalue weighted by Crippen LogP contribution is -2.47. The second-order valence-corrected chi connectivity index (χ2v) is 6.35. The summed E-state index contributed by atoms with van der Waals surface area (Å²) in [6, 6.07) is 18.0. The summed E-state index contributed by atoms with van der Waals surface area (Å²) in [5.41, 5.74) is 1.09. The summed E-state index contributed by atoms with van der Waals surface area (Å²) in [6.07, 6.45) is 0. The Morgan fingerprint density at radius 2 is 1.52 bits per heavy atom. The highest BCUT2D eigenvalue weighted by Crippen LogP contribution is 2.25. The molecule has 0 bridgehead atoms. The molecule has 4 heteroatoms. The van der Waals surface area contributed by atoms with E-state index >= 15 is 0 Å². The Kier molecular flexibility index (Phi) is 6.86. The largest absolute Gasteiger partial charge is 0.457 e. The van der Waals surface area contributed by atoms with Crippen molar-refractivity contribution < 1.29 is 9.47 Å². The maximum atomic E-state index is 5.98.